The van der Waals surface area contributed by atoms with Crippen LogP contribution in [0.25, 0.3) is 0 Å². The summed E-state index contributed by atoms with van der Waals surface area (Å²) in [5.41, 5.74) is 1.93. The third kappa shape index (κ3) is 7.73. The highest BCUT2D eigenvalue weighted by atomic mass is 16.8. The maximum absolute atomic E-state index is 11.8. The smallest absolute Gasteiger partial charge is 0.424 e. The van der Waals surface area contributed by atoms with Crippen molar-refractivity contribution in [2.45, 2.75) is 81.0 Å². The van der Waals surface area contributed by atoms with Gasteiger partial charge in [-0.25, -0.2) is 9.59 Å². The fraction of sp³-hybridized carbons (Fsp3) is 0.548. The first kappa shape index (κ1) is 31.6. The van der Waals surface area contributed by atoms with Crippen LogP contribution in [0.4, 0.5) is 9.59 Å². The van der Waals surface area contributed by atoms with E-state index in [4.69, 9.17) is 47.4 Å². The largest absolute Gasteiger partial charge is 0.509 e. The molecule has 4 fully saturated rings. The van der Waals surface area contributed by atoms with E-state index in [-0.39, 0.29) is 26.4 Å². The van der Waals surface area contributed by atoms with Crippen LogP contribution in [-0.4, -0.2) is 110 Å². The van der Waals surface area contributed by atoms with E-state index >= 15 is 0 Å². The molecule has 0 radical (unpaired) electrons. The van der Waals surface area contributed by atoms with Crippen molar-refractivity contribution in [3.8, 4) is 0 Å². The third-order valence-corrected chi connectivity index (χ3v) is 7.80. The molecule has 0 unspecified atom stereocenters. The summed E-state index contributed by atoms with van der Waals surface area (Å²) in [7, 11) is 0. The molecular formula is C31H36O14. The molecule has 244 valence electrons. The minimum absolute atomic E-state index is 0.0754. The number of aliphatic hydroxyl groups excluding tert-OH is 2. The molecule has 0 amide bonds. The lowest BCUT2D eigenvalue weighted by atomic mass is 9.99. The summed E-state index contributed by atoms with van der Waals surface area (Å²) in [5, 5.41) is 21.5. The molecule has 2 aromatic carbocycles. The van der Waals surface area contributed by atoms with Crippen LogP contribution in [-0.2, 0) is 60.6 Å². The lowest BCUT2D eigenvalue weighted by Gasteiger charge is -2.39. The molecule has 2 aromatic rings. The molecule has 0 aliphatic carbocycles. The van der Waals surface area contributed by atoms with Gasteiger partial charge in [0.05, 0.1) is 39.6 Å². The van der Waals surface area contributed by atoms with Crippen molar-refractivity contribution < 1.29 is 67.2 Å². The molecule has 4 saturated heterocycles. The Morgan fingerprint density at radius 3 is 1.40 bits per heavy atom. The summed E-state index contributed by atoms with van der Waals surface area (Å²) < 4.78 is 55.8. The van der Waals surface area contributed by atoms with Crippen LogP contribution in [0.15, 0.2) is 60.7 Å². The summed E-state index contributed by atoms with van der Waals surface area (Å²) >= 11 is 0. The number of carbonyl (C=O) groups excluding carboxylic acids is 2. The highest BCUT2D eigenvalue weighted by molar-refractivity contribution is 5.63. The van der Waals surface area contributed by atoms with Crippen molar-refractivity contribution in [1.29, 1.82) is 0 Å². The standard InChI is InChI=1S/C31H36O14/c32-22-26-24(42-30(34)44-26)20(16-36-14-18-8-3-1-4-9-18)40-28(22)38-12-7-13-39-29-23(33)27-25(43-31(35)45-27)21(41-29)17-37-15-19-10-5-2-6-11-19/h1-6,8-11,20-29,32-33H,7,12-17H2/t20-,21-,22-,23-,24+,25+,26-,27-,28-,29-/m1/s1. The lowest BCUT2D eigenvalue weighted by Crippen LogP contribution is -2.58. The predicted octanol–water partition coefficient (Wildman–Crippen LogP) is 1.82. The minimum Gasteiger partial charge on any atom is -0.424 e. The topological polar surface area (TPSA) is 167 Å². The fourth-order valence-electron chi connectivity index (χ4n) is 5.58. The molecule has 0 bridgehead atoms. The second-order valence-electron chi connectivity index (χ2n) is 11.0. The van der Waals surface area contributed by atoms with Crippen LogP contribution >= 0.6 is 0 Å². The first-order chi connectivity index (χ1) is 22.0. The van der Waals surface area contributed by atoms with Crippen molar-refractivity contribution in [3.63, 3.8) is 0 Å². The number of fused-ring (bicyclic) bond motifs is 2. The zero-order chi connectivity index (χ0) is 31.2. The Morgan fingerprint density at radius 2 is 0.978 bits per heavy atom. The number of ether oxygens (including phenoxy) is 10. The van der Waals surface area contributed by atoms with Gasteiger partial charge in [0, 0.05) is 0 Å². The molecule has 10 atom stereocenters. The van der Waals surface area contributed by atoms with Crippen LogP contribution in [0.5, 0.6) is 0 Å². The van der Waals surface area contributed by atoms with Crippen molar-refractivity contribution in [3.05, 3.63) is 71.8 Å². The van der Waals surface area contributed by atoms with Crippen LogP contribution < -0.4 is 0 Å². The molecule has 14 heteroatoms. The number of aliphatic hydroxyl groups is 2. The molecule has 4 heterocycles. The van der Waals surface area contributed by atoms with Gasteiger partial charge in [0.2, 0.25) is 0 Å². The molecule has 0 spiro atoms. The second-order valence-corrected chi connectivity index (χ2v) is 11.0. The van der Waals surface area contributed by atoms with Gasteiger partial charge in [-0.1, -0.05) is 60.7 Å². The summed E-state index contributed by atoms with van der Waals surface area (Å²) in [4.78, 5) is 23.7. The highest BCUT2D eigenvalue weighted by Gasteiger charge is 2.55. The van der Waals surface area contributed by atoms with E-state index in [9.17, 15) is 19.8 Å². The van der Waals surface area contributed by atoms with Gasteiger partial charge in [0.25, 0.3) is 0 Å². The number of hydrogen-bond acceptors (Lipinski definition) is 14. The maximum Gasteiger partial charge on any atom is 0.509 e. The van der Waals surface area contributed by atoms with Crippen molar-refractivity contribution in [1.82, 2.24) is 0 Å². The average Bonchev–Trinajstić information content (AvgIpc) is 3.65. The van der Waals surface area contributed by atoms with Gasteiger partial charge in [-0.3, -0.25) is 0 Å². The fourth-order valence-corrected chi connectivity index (χ4v) is 5.58. The zero-order valence-electron chi connectivity index (χ0n) is 24.3. The quantitative estimate of drug-likeness (QED) is 0.229. The van der Waals surface area contributed by atoms with Crippen LogP contribution in [0.3, 0.4) is 0 Å². The van der Waals surface area contributed by atoms with Gasteiger partial charge in [-0.2, -0.15) is 0 Å². The van der Waals surface area contributed by atoms with Gasteiger partial charge in [-0.05, 0) is 17.5 Å². The third-order valence-electron chi connectivity index (χ3n) is 7.80. The molecule has 2 N–H and O–H groups in total. The lowest BCUT2D eigenvalue weighted by molar-refractivity contribution is -0.292. The highest BCUT2D eigenvalue weighted by Crippen LogP contribution is 2.33. The Balaban J connectivity index is 0.966. The number of benzene rings is 2. The molecule has 14 nitrogen and oxygen atoms in total. The van der Waals surface area contributed by atoms with Gasteiger partial charge in [-0.15, -0.1) is 0 Å². The Kier molecular flexibility index (Phi) is 10.4. The van der Waals surface area contributed by atoms with E-state index < -0.39 is 73.7 Å². The maximum atomic E-state index is 11.8. The second kappa shape index (κ2) is 14.8. The molecule has 0 aromatic heterocycles. The van der Waals surface area contributed by atoms with Crippen molar-refractivity contribution in [2.24, 2.45) is 0 Å². The first-order valence-electron chi connectivity index (χ1n) is 14.8. The molecule has 6 rings (SSSR count). The summed E-state index contributed by atoms with van der Waals surface area (Å²) in [5.74, 6) is 0. The van der Waals surface area contributed by atoms with E-state index in [0.717, 1.165) is 11.1 Å². The van der Waals surface area contributed by atoms with E-state index in [1.54, 1.807) is 0 Å². The van der Waals surface area contributed by atoms with E-state index in [0.29, 0.717) is 19.6 Å². The van der Waals surface area contributed by atoms with Crippen LogP contribution in [0.2, 0.25) is 0 Å². The van der Waals surface area contributed by atoms with Gasteiger partial charge < -0.3 is 57.6 Å². The normalized spacial score (nSPS) is 33.8. The molecule has 4 aliphatic rings. The number of rotatable bonds is 14. The molecule has 45 heavy (non-hydrogen) atoms. The van der Waals surface area contributed by atoms with Gasteiger partial charge in [0.1, 0.15) is 24.4 Å². The van der Waals surface area contributed by atoms with Crippen molar-refractivity contribution in [2.75, 3.05) is 26.4 Å². The van der Waals surface area contributed by atoms with Crippen LogP contribution in [0, 0.1) is 0 Å². The van der Waals surface area contributed by atoms with Crippen molar-refractivity contribution >= 4 is 12.3 Å². The predicted molar refractivity (Wildman–Crippen MR) is 148 cm³/mol. The summed E-state index contributed by atoms with van der Waals surface area (Å²) in [6, 6.07) is 19.1. The summed E-state index contributed by atoms with van der Waals surface area (Å²) in [6.07, 6.45) is -11.4. The molecule has 4 aliphatic heterocycles. The van der Waals surface area contributed by atoms with E-state index in [1.807, 2.05) is 60.7 Å². The van der Waals surface area contributed by atoms with Gasteiger partial charge in [0.15, 0.2) is 37.0 Å². The Labute approximate surface area is 258 Å². The molecular weight excluding hydrogens is 596 g/mol. The SMILES string of the molecule is O=C1O[C@@H]2[C@@H](O)[C@H](OCCCO[C@@H]3O[C@H](COCc4ccccc4)[C@@H]4OC(=O)O[C@@H]4[C@H]3O)O[C@H](COCc3ccccc3)[C@@H]2O1. The minimum atomic E-state index is -1.29. The number of carbonyl (C=O) groups is 2. The Hall–Kier alpha value is -3.34. The zero-order valence-corrected chi connectivity index (χ0v) is 24.3. The number of hydrogen-bond donors (Lipinski definition) is 2. The summed E-state index contributed by atoms with van der Waals surface area (Å²) in [6.45, 7) is 0.961. The Morgan fingerprint density at radius 1 is 0.578 bits per heavy atom. The molecule has 0 saturated carbocycles. The Bertz CT molecular complexity index is 1150. The average molecular weight is 633 g/mol. The van der Waals surface area contributed by atoms with Crippen LogP contribution in [0.1, 0.15) is 17.5 Å². The van der Waals surface area contributed by atoms with E-state index in [1.165, 1.54) is 0 Å². The van der Waals surface area contributed by atoms with E-state index in [2.05, 4.69) is 0 Å². The monoisotopic (exact) mass is 632 g/mol. The first-order valence-corrected chi connectivity index (χ1v) is 14.8. The van der Waals surface area contributed by atoms with Gasteiger partial charge >= 0.3 is 12.3 Å².